The van der Waals surface area contributed by atoms with Gasteiger partial charge in [0, 0.05) is 22.7 Å². The second kappa shape index (κ2) is 6.40. The predicted molar refractivity (Wildman–Crippen MR) is 102 cm³/mol. The van der Waals surface area contributed by atoms with E-state index in [1.807, 2.05) is 6.92 Å². The van der Waals surface area contributed by atoms with Crippen molar-refractivity contribution < 1.29 is 18.3 Å². The van der Waals surface area contributed by atoms with Gasteiger partial charge in [-0.3, -0.25) is 4.79 Å². The smallest absolute Gasteiger partial charge is 0.259 e. The first-order valence-corrected chi connectivity index (χ1v) is 9.06. The number of hydrogen-bond acceptors (Lipinski definition) is 6. The number of carbonyl (C=O) groups excluding carboxylic acids is 1. The highest BCUT2D eigenvalue weighted by molar-refractivity contribution is 6.12. The van der Waals surface area contributed by atoms with E-state index in [1.165, 1.54) is 18.4 Å². The van der Waals surface area contributed by atoms with Crippen LogP contribution >= 0.6 is 0 Å². The van der Waals surface area contributed by atoms with Crippen molar-refractivity contribution in [3.63, 3.8) is 0 Å². The van der Waals surface area contributed by atoms with Crippen LogP contribution < -0.4 is 10.1 Å². The predicted octanol–water partition coefficient (Wildman–Crippen LogP) is 3.94. The summed E-state index contributed by atoms with van der Waals surface area (Å²) in [6, 6.07) is 9.62. The first-order valence-electron chi connectivity index (χ1n) is 9.06. The van der Waals surface area contributed by atoms with Crippen molar-refractivity contribution in [1.29, 1.82) is 0 Å². The molecule has 1 saturated carbocycles. The zero-order valence-corrected chi connectivity index (χ0v) is 15.4. The molecule has 2 heterocycles. The summed E-state index contributed by atoms with van der Waals surface area (Å²) in [5, 5.41) is 17.1. The molecule has 5 rings (SSSR count). The van der Waals surface area contributed by atoms with E-state index in [2.05, 4.69) is 25.9 Å². The van der Waals surface area contributed by atoms with Crippen LogP contribution in [-0.2, 0) is 0 Å². The fourth-order valence-corrected chi connectivity index (χ4v) is 3.03. The van der Waals surface area contributed by atoms with Crippen molar-refractivity contribution >= 4 is 22.6 Å². The largest absolute Gasteiger partial charge is 0.484 e. The molecule has 1 amide bonds. The number of nitrogens with zero attached hydrogens (tertiary/aromatic N) is 3. The monoisotopic (exact) mass is 393 g/mol. The second-order valence-corrected chi connectivity index (χ2v) is 7.25. The molecule has 2 N–H and O–H groups in total. The van der Waals surface area contributed by atoms with Crippen LogP contribution in [-0.4, -0.2) is 32.1 Å². The lowest BCUT2D eigenvalue weighted by Gasteiger charge is -2.14. The second-order valence-electron chi connectivity index (χ2n) is 7.25. The minimum absolute atomic E-state index is 0.186. The number of rotatable bonds is 5. The highest BCUT2D eigenvalue weighted by Crippen LogP contribution is 2.40. The average molecular weight is 393 g/mol. The number of carbonyl (C=O) groups is 1. The average Bonchev–Trinajstić information content (AvgIpc) is 3.13. The van der Waals surface area contributed by atoms with E-state index in [-0.39, 0.29) is 11.4 Å². The number of nitrogens with one attached hydrogen (secondary N) is 2. The summed E-state index contributed by atoms with van der Waals surface area (Å²) in [5.41, 5.74) is 1.60. The Labute approximate surface area is 164 Å². The van der Waals surface area contributed by atoms with E-state index < -0.39 is 11.7 Å². The topological polar surface area (TPSA) is 106 Å². The first-order chi connectivity index (χ1) is 14.0. The molecule has 9 heteroatoms. The zero-order valence-electron chi connectivity index (χ0n) is 15.4. The van der Waals surface area contributed by atoms with Gasteiger partial charge in [0.15, 0.2) is 11.6 Å². The van der Waals surface area contributed by atoms with Gasteiger partial charge in [-0.15, -0.1) is 10.2 Å². The molecule has 2 aromatic heterocycles. The normalized spacial score (nSPS) is 14.7. The van der Waals surface area contributed by atoms with Crippen molar-refractivity contribution in [2.75, 3.05) is 5.32 Å². The minimum Gasteiger partial charge on any atom is -0.484 e. The number of ether oxygens (including phenoxy) is 1. The van der Waals surface area contributed by atoms with Crippen LogP contribution in [0.3, 0.4) is 0 Å². The van der Waals surface area contributed by atoms with Crippen LogP contribution in [0.1, 0.15) is 30.1 Å². The van der Waals surface area contributed by atoms with E-state index in [0.29, 0.717) is 33.6 Å². The molecule has 2 aromatic carbocycles. The van der Waals surface area contributed by atoms with Crippen molar-refractivity contribution in [3.05, 3.63) is 54.0 Å². The van der Waals surface area contributed by atoms with Gasteiger partial charge in [-0.1, -0.05) is 6.07 Å². The number of fused-ring (bicyclic) bond motifs is 1. The Morgan fingerprint density at radius 2 is 2.14 bits per heavy atom. The number of amides is 1. The number of furan rings is 1. The Bertz CT molecular complexity index is 1210. The van der Waals surface area contributed by atoms with Gasteiger partial charge >= 0.3 is 0 Å². The maximum absolute atomic E-state index is 14.3. The SMILES string of the molecule is CC1(Oc2ccc(NC(=O)c3coc4cc(-c5nn[nH]n5)ccc34)cc2F)CC1. The van der Waals surface area contributed by atoms with Crippen LogP contribution in [0.2, 0.25) is 0 Å². The van der Waals surface area contributed by atoms with Crippen molar-refractivity contribution in [1.82, 2.24) is 20.6 Å². The molecular formula is C20H16FN5O3. The molecule has 0 bridgehead atoms. The molecule has 4 aromatic rings. The van der Waals surface area contributed by atoms with Gasteiger partial charge in [0.05, 0.1) is 5.56 Å². The lowest BCUT2D eigenvalue weighted by Crippen LogP contribution is -2.14. The van der Waals surface area contributed by atoms with Gasteiger partial charge in [-0.25, -0.2) is 4.39 Å². The Morgan fingerprint density at radius 3 is 2.86 bits per heavy atom. The molecule has 1 fully saturated rings. The molecule has 0 radical (unpaired) electrons. The summed E-state index contributed by atoms with van der Waals surface area (Å²) in [6.07, 6.45) is 3.18. The summed E-state index contributed by atoms with van der Waals surface area (Å²) in [4.78, 5) is 12.7. The number of aromatic amines is 1. The van der Waals surface area contributed by atoms with E-state index in [9.17, 15) is 9.18 Å². The Hall–Kier alpha value is -3.75. The number of benzene rings is 2. The van der Waals surface area contributed by atoms with E-state index in [4.69, 9.17) is 9.15 Å². The summed E-state index contributed by atoms with van der Waals surface area (Å²) in [7, 11) is 0. The molecule has 0 unspecified atom stereocenters. The highest BCUT2D eigenvalue weighted by Gasteiger charge is 2.40. The third kappa shape index (κ3) is 3.31. The van der Waals surface area contributed by atoms with Crippen LogP contribution in [0.5, 0.6) is 5.75 Å². The fourth-order valence-electron chi connectivity index (χ4n) is 3.03. The summed E-state index contributed by atoms with van der Waals surface area (Å²) < 4.78 is 25.5. The highest BCUT2D eigenvalue weighted by atomic mass is 19.1. The third-order valence-electron chi connectivity index (χ3n) is 4.92. The molecule has 146 valence electrons. The maximum Gasteiger partial charge on any atom is 0.259 e. The maximum atomic E-state index is 14.3. The summed E-state index contributed by atoms with van der Waals surface area (Å²) >= 11 is 0. The Balaban J connectivity index is 1.36. The third-order valence-corrected chi connectivity index (χ3v) is 4.92. The first kappa shape index (κ1) is 17.4. The van der Waals surface area contributed by atoms with Gasteiger partial charge in [-0.2, -0.15) is 5.21 Å². The molecule has 0 atom stereocenters. The van der Waals surface area contributed by atoms with Crippen LogP contribution in [0.15, 0.2) is 47.1 Å². The molecular weight excluding hydrogens is 377 g/mol. The van der Waals surface area contributed by atoms with Crippen molar-refractivity contribution in [2.24, 2.45) is 0 Å². The number of tetrazole rings is 1. The van der Waals surface area contributed by atoms with Crippen LogP contribution in [0.25, 0.3) is 22.4 Å². The van der Waals surface area contributed by atoms with Gasteiger partial charge in [-0.05, 0) is 49.2 Å². The van der Waals surface area contributed by atoms with E-state index >= 15 is 0 Å². The summed E-state index contributed by atoms with van der Waals surface area (Å²) in [5.74, 6) is -0.311. The molecule has 29 heavy (non-hydrogen) atoms. The van der Waals surface area contributed by atoms with Crippen LogP contribution in [0, 0.1) is 5.82 Å². The molecule has 1 aliphatic carbocycles. The van der Waals surface area contributed by atoms with E-state index in [1.54, 1.807) is 24.3 Å². The Kier molecular flexibility index (Phi) is 3.83. The molecule has 0 saturated heterocycles. The lowest BCUT2D eigenvalue weighted by molar-refractivity contribution is 0.102. The van der Waals surface area contributed by atoms with Gasteiger partial charge in [0.25, 0.3) is 5.91 Å². The molecule has 0 aliphatic heterocycles. The number of aromatic nitrogens is 4. The Morgan fingerprint density at radius 1 is 1.28 bits per heavy atom. The fraction of sp³-hybridized carbons (Fsp3) is 0.200. The quantitative estimate of drug-likeness (QED) is 0.532. The van der Waals surface area contributed by atoms with Crippen LogP contribution in [0.4, 0.5) is 10.1 Å². The number of hydrogen-bond donors (Lipinski definition) is 2. The summed E-state index contributed by atoms with van der Waals surface area (Å²) in [6.45, 7) is 1.94. The zero-order chi connectivity index (χ0) is 20.0. The van der Waals surface area contributed by atoms with E-state index in [0.717, 1.165) is 12.8 Å². The minimum atomic E-state index is -0.516. The van der Waals surface area contributed by atoms with Gasteiger partial charge < -0.3 is 14.5 Å². The molecule has 0 spiro atoms. The van der Waals surface area contributed by atoms with Gasteiger partial charge in [0.2, 0.25) is 5.82 Å². The molecule has 1 aliphatic rings. The standard InChI is InChI=1S/C20H16FN5O3/c1-20(6-7-20)29-16-5-3-12(9-15(16)21)22-19(27)14-10-28-17-8-11(2-4-13(14)17)18-23-25-26-24-18/h2-5,8-10H,6-7H2,1H3,(H,22,27)(H,23,24,25,26). The van der Waals surface area contributed by atoms with Crippen molar-refractivity contribution in [2.45, 2.75) is 25.4 Å². The molecule has 8 nitrogen and oxygen atoms in total. The number of anilines is 1. The van der Waals surface area contributed by atoms with Gasteiger partial charge in [0.1, 0.15) is 17.4 Å². The van der Waals surface area contributed by atoms with Crippen molar-refractivity contribution in [3.8, 4) is 17.1 Å². The number of H-pyrrole nitrogens is 1. The lowest BCUT2D eigenvalue weighted by atomic mass is 10.1. The number of halogens is 1.